The highest BCUT2D eigenvalue weighted by Gasteiger charge is 2.27. The lowest BCUT2D eigenvalue weighted by molar-refractivity contribution is -0.154. The number of hydrogen-bond donors (Lipinski definition) is 0. The highest BCUT2D eigenvalue weighted by Crippen LogP contribution is 2.26. The summed E-state index contributed by atoms with van der Waals surface area (Å²) in [5.74, 6) is -0.177. The summed E-state index contributed by atoms with van der Waals surface area (Å²) in [7, 11) is 0. The monoisotopic (exact) mass is 204 g/mol. The van der Waals surface area contributed by atoms with E-state index >= 15 is 0 Å². The van der Waals surface area contributed by atoms with Gasteiger partial charge in [-0.2, -0.15) is 0 Å². The van der Waals surface area contributed by atoms with E-state index in [0.717, 1.165) is 25.7 Å². The minimum Gasteiger partial charge on any atom is -0.461 e. The van der Waals surface area contributed by atoms with Crippen LogP contribution in [0.4, 0.5) is 0 Å². The van der Waals surface area contributed by atoms with E-state index in [-0.39, 0.29) is 23.4 Å². The molecule has 0 saturated heterocycles. The molecule has 0 bridgehead atoms. The summed E-state index contributed by atoms with van der Waals surface area (Å²) in [6.45, 7) is 3.68. The van der Waals surface area contributed by atoms with Crippen LogP contribution in [-0.4, -0.2) is 17.5 Å². The number of ether oxygens (including phenoxy) is 1. The van der Waals surface area contributed by atoms with E-state index in [2.05, 4.69) is 0 Å². The predicted octanol–water partition coefficient (Wildman–Crippen LogP) is 2.74. The minimum absolute atomic E-state index is 0.0245. The number of carbonyl (C=O) groups excluding carboxylic acids is 1. The Kier molecular flexibility index (Phi) is 4.04. The molecule has 2 nitrogen and oxygen atoms in total. The van der Waals surface area contributed by atoms with Crippen LogP contribution in [-0.2, 0) is 9.53 Å². The van der Waals surface area contributed by atoms with Gasteiger partial charge in [-0.15, -0.1) is 11.6 Å². The molecule has 13 heavy (non-hydrogen) atoms. The van der Waals surface area contributed by atoms with Crippen molar-refractivity contribution >= 4 is 17.6 Å². The van der Waals surface area contributed by atoms with Gasteiger partial charge >= 0.3 is 5.97 Å². The van der Waals surface area contributed by atoms with Gasteiger partial charge in [0.2, 0.25) is 0 Å². The molecule has 76 valence electrons. The van der Waals surface area contributed by atoms with E-state index in [9.17, 15) is 4.79 Å². The molecule has 0 aromatic carbocycles. The maximum Gasteiger partial charge on any atom is 0.308 e. The standard InChI is InChI=1S/C10H17ClO2/c1-7(2)10(12)13-9-6-4-3-5-8(9)11/h7-9H,3-6H2,1-2H3. The molecule has 2 atom stereocenters. The van der Waals surface area contributed by atoms with Gasteiger partial charge in [-0.25, -0.2) is 0 Å². The Morgan fingerprint density at radius 3 is 2.54 bits per heavy atom. The van der Waals surface area contributed by atoms with Crippen molar-refractivity contribution in [1.82, 2.24) is 0 Å². The summed E-state index contributed by atoms with van der Waals surface area (Å²) in [4.78, 5) is 11.3. The first kappa shape index (κ1) is 10.8. The van der Waals surface area contributed by atoms with E-state index in [1.807, 2.05) is 13.8 Å². The Morgan fingerprint density at radius 1 is 1.38 bits per heavy atom. The van der Waals surface area contributed by atoms with Crippen molar-refractivity contribution in [2.75, 3.05) is 0 Å². The molecule has 0 heterocycles. The molecule has 1 aliphatic carbocycles. The molecule has 0 aliphatic heterocycles. The van der Waals surface area contributed by atoms with Crippen molar-refractivity contribution in [3.8, 4) is 0 Å². The Labute approximate surface area is 84.6 Å². The zero-order valence-corrected chi connectivity index (χ0v) is 9.01. The van der Waals surface area contributed by atoms with Crippen LogP contribution in [0, 0.1) is 5.92 Å². The number of hydrogen-bond acceptors (Lipinski definition) is 2. The molecular formula is C10H17ClO2. The highest BCUT2D eigenvalue weighted by molar-refractivity contribution is 6.21. The summed E-state index contributed by atoms with van der Waals surface area (Å²) in [6, 6.07) is 0. The largest absolute Gasteiger partial charge is 0.461 e. The lowest BCUT2D eigenvalue weighted by atomic mass is 9.97. The van der Waals surface area contributed by atoms with Crippen LogP contribution in [0.15, 0.2) is 0 Å². The van der Waals surface area contributed by atoms with Gasteiger partial charge in [-0.3, -0.25) is 4.79 Å². The quantitative estimate of drug-likeness (QED) is 0.511. The summed E-state index contributed by atoms with van der Waals surface area (Å²) in [5.41, 5.74) is 0. The third kappa shape index (κ3) is 3.18. The van der Waals surface area contributed by atoms with E-state index in [4.69, 9.17) is 16.3 Å². The fraction of sp³-hybridized carbons (Fsp3) is 0.900. The van der Waals surface area contributed by atoms with Crippen molar-refractivity contribution in [3.05, 3.63) is 0 Å². The van der Waals surface area contributed by atoms with E-state index in [1.54, 1.807) is 0 Å². The SMILES string of the molecule is CC(C)C(=O)OC1CCCCC1Cl. The Balaban J connectivity index is 2.38. The van der Waals surface area contributed by atoms with Gasteiger partial charge in [-0.1, -0.05) is 20.3 Å². The normalized spacial score (nSPS) is 28.9. The van der Waals surface area contributed by atoms with E-state index in [0.29, 0.717) is 0 Å². The molecular weight excluding hydrogens is 188 g/mol. The average Bonchev–Trinajstić information content (AvgIpc) is 2.08. The predicted molar refractivity (Wildman–Crippen MR) is 52.8 cm³/mol. The fourth-order valence-corrected chi connectivity index (χ4v) is 1.80. The minimum atomic E-state index is -0.127. The van der Waals surface area contributed by atoms with Crippen LogP contribution in [0.1, 0.15) is 39.5 Å². The number of alkyl halides is 1. The van der Waals surface area contributed by atoms with Crippen molar-refractivity contribution in [1.29, 1.82) is 0 Å². The van der Waals surface area contributed by atoms with Gasteiger partial charge in [0.25, 0.3) is 0 Å². The van der Waals surface area contributed by atoms with Crippen molar-refractivity contribution < 1.29 is 9.53 Å². The summed E-state index contributed by atoms with van der Waals surface area (Å²) < 4.78 is 5.29. The number of rotatable bonds is 2. The lowest BCUT2D eigenvalue weighted by Crippen LogP contribution is -2.32. The summed E-state index contributed by atoms with van der Waals surface area (Å²) in [5, 5.41) is 0.0245. The van der Waals surface area contributed by atoms with Gasteiger partial charge in [0.05, 0.1) is 11.3 Å². The smallest absolute Gasteiger partial charge is 0.308 e. The highest BCUT2D eigenvalue weighted by atomic mass is 35.5. The molecule has 0 aromatic heterocycles. The molecule has 2 unspecified atom stereocenters. The van der Waals surface area contributed by atoms with Crippen LogP contribution in [0.3, 0.4) is 0 Å². The van der Waals surface area contributed by atoms with E-state index < -0.39 is 0 Å². The Bertz CT molecular complexity index is 180. The molecule has 0 N–H and O–H groups in total. The van der Waals surface area contributed by atoms with Crippen molar-refractivity contribution in [3.63, 3.8) is 0 Å². The molecule has 0 amide bonds. The van der Waals surface area contributed by atoms with Gasteiger partial charge in [0.1, 0.15) is 6.10 Å². The third-order valence-electron chi connectivity index (χ3n) is 2.36. The second-order valence-corrected chi connectivity index (χ2v) is 4.49. The molecule has 1 rings (SSSR count). The second-order valence-electron chi connectivity index (χ2n) is 3.93. The van der Waals surface area contributed by atoms with Crippen LogP contribution >= 0.6 is 11.6 Å². The van der Waals surface area contributed by atoms with Gasteiger partial charge in [0, 0.05) is 0 Å². The molecule has 1 aliphatic rings. The summed E-state index contributed by atoms with van der Waals surface area (Å²) >= 11 is 6.05. The van der Waals surface area contributed by atoms with Crippen LogP contribution < -0.4 is 0 Å². The van der Waals surface area contributed by atoms with Gasteiger partial charge in [-0.05, 0) is 19.3 Å². The molecule has 1 saturated carbocycles. The first-order valence-electron chi connectivity index (χ1n) is 4.96. The first-order valence-corrected chi connectivity index (χ1v) is 5.39. The van der Waals surface area contributed by atoms with Crippen LogP contribution in [0.2, 0.25) is 0 Å². The Morgan fingerprint density at radius 2 is 2.00 bits per heavy atom. The average molecular weight is 205 g/mol. The molecule has 0 spiro atoms. The fourth-order valence-electron chi connectivity index (χ4n) is 1.47. The van der Waals surface area contributed by atoms with Gasteiger partial charge < -0.3 is 4.74 Å². The third-order valence-corrected chi connectivity index (χ3v) is 2.86. The Hall–Kier alpha value is -0.240. The maximum atomic E-state index is 11.3. The van der Waals surface area contributed by atoms with Gasteiger partial charge in [0.15, 0.2) is 0 Å². The molecule has 1 fully saturated rings. The lowest BCUT2D eigenvalue weighted by Gasteiger charge is -2.27. The van der Waals surface area contributed by atoms with Crippen molar-refractivity contribution in [2.45, 2.75) is 51.0 Å². The van der Waals surface area contributed by atoms with E-state index in [1.165, 1.54) is 0 Å². The molecule has 3 heteroatoms. The maximum absolute atomic E-state index is 11.3. The topological polar surface area (TPSA) is 26.3 Å². The summed E-state index contributed by atoms with van der Waals surface area (Å²) in [6.07, 6.45) is 4.12. The zero-order chi connectivity index (χ0) is 9.84. The van der Waals surface area contributed by atoms with Crippen LogP contribution in [0.25, 0.3) is 0 Å². The first-order chi connectivity index (χ1) is 6.11. The van der Waals surface area contributed by atoms with Crippen LogP contribution in [0.5, 0.6) is 0 Å². The molecule has 0 radical (unpaired) electrons. The zero-order valence-electron chi connectivity index (χ0n) is 8.25. The molecule has 0 aromatic rings. The second kappa shape index (κ2) is 4.85. The number of carbonyl (C=O) groups is 1. The van der Waals surface area contributed by atoms with Crippen molar-refractivity contribution in [2.24, 2.45) is 5.92 Å². The number of esters is 1. The number of halogens is 1.